The molecule has 0 radical (unpaired) electrons. The quantitative estimate of drug-likeness (QED) is 0.242. The Bertz CT molecular complexity index is 1730. The number of halogens is 6. The van der Waals surface area contributed by atoms with Crippen LogP contribution in [0, 0.1) is 23.4 Å². The number of rotatable bonds is 8. The van der Waals surface area contributed by atoms with Crippen LogP contribution in [0.15, 0.2) is 54.7 Å². The maximum atomic E-state index is 14.2. The van der Waals surface area contributed by atoms with Crippen molar-refractivity contribution in [1.82, 2.24) is 20.1 Å². The van der Waals surface area contributed by atoms with Crippen LogP contribution in [0.2, 0.25) is 0 Å². The van der Waals surface area contributed by atoms with Crippen molar-refractivity contribution in [3.8, 4) is 11.1 Å². The Kier molecular flexibility index (Phi) is 8.23. The van der Waals surface area contributed by atoms with Crippen LogP contribution in [0.1, 0.15) is 64.4 Å². The van der Waals surface area contributed by atoms with Gasteiger partial charge in [0.2, 0.25) is 5.91 Å². The first-order valence-corrected chi connectivity index (χ1v) is 13.7. The van der Waals surface area contributed by atoms with Gasteiger partial charge in [-0.3, -0.25) is 19.3 Å². The number of amides is 2. The SMILES string of the molecule is C[C@@H]1c2c(c(C(F)(F)F)nn2CC(=O)N[C@@H](Cc2cc(F)cc(F)c2)c2ncccc2-c2ccc(F)c(C(N)=O)c2)C[C@@H]1C. The Morgan fingerprint density at radius 3 is 2.43 bits per heavy atom. The zero-order valence-electron chi connectivity index (χ0n) is 23.6. The van der Waals surface area contributed by atoms with Crippen LogP contribution in [0.3, 0.4) is 0 Å². The first kappa shape index (κ1) is 30.8. The lowest BCUT2D eigenvalue weighted by atomic mass is 9.94. The Labute approximate surface area is 248 Å². The minimum atomic E-state index is -4.71. The summed E-state index contributed by atoms with van der Waals surface area (Å²) in [5, 5.41) is 6.49. The highest BCUT2D eigenvalue weighted by Gasteiger charge is 2.44. The number of hydrogen-bond acceptors (Lipinski definition) is 4. The normalized spacial score (nSPS) is 16.9. The van der Waals surface area contributed by atoms with Crippen LogP contribution in [-0.2, 0) is 30.4 Å². The van der Waals surface area contributed by atoms with E-state index in [9.17, 15) is 35.9 Å². The zero-order chi connectivity index (χ0) is 31.9. The van der Waals surface area contributed by atoms with Gasteiger partial charge in [0.05, 0.1) is 17.3 Å². The lowest BCUT2D eigenvalue weighted by molar-refractivity contribution is -0.142. The minimum absolute atomic E-state index is 0.0608. The van der Waals surface area contributed by atoms with Gasteiger partial charge < -0.3 is 11.1 Å². The number of aromatic nitrogens is 3. The third kappa shape index (κ3) is 6.17. The fourth-order valence-electron chi connectivity index (χ4n) is 5.72. The Balaban J connectivity index is 1.54. The lowest BCUT2D eigenvalue weighted by Gasteiger charge is -2.22. The molecule has 0 fully saturated rings. The first-order chi connectivity index (χ1) is 20.7. The molecule has 2 aromatic heterocycles. The highest BCUT2D eigenvalue weighted by atomic mass is 19.4. The standard InChI is InChI=1S/C31H27F6N5O2/c1-15-8-23-28(16(15)2)42(41-29(23)31(35,36)37)14-26(43)40-25(11-17-9-19(32)13-20(33)10-17)27-21(4-3-7-39-27)18-5-6-24(34)22(12-18)30(38)44/h3-7,9-10,12-13,15-16,25H,8,11,14H2,1-2H3,(H2,38,44)(H,40,43)/t15-,16-,25-/m0/s1. The molecule has 3 atom stereocenters. The van der Waals surface area contributed by atoms with E-state index in [2.05, 4.69) is 15.4 Å². The number of fused-ring (bicyclic) bond motifs is 1. The third-order valence-electron chi connectivity index (χ3n) is 7.88. The van der Waals surface area contributed by atoms with E-state index in [0.29, 0.717) is 22.9 Å². The number of benzene rings is 2. The summed E-state index contributed by atoms with van der Waals surface area (Å²) in [4.78, 5) is 29.6. The molecule has 2 aromatic carbocycles. The van der Waals surface area contributed by atoms with Gasteiger partial charge in [-0.05, 0) is 60.2 Å². The van der Waals surface area contributed by atoms with Crippen molar-refractivity contribution < 1.29 is 35.9 Å². The van der Waals surface area contributed by atoms with Gasteiger partial charge in [0, 0.05) is 35.0 Å². The predicted octanol–water partition coefficient (Wildman–Crippen LogP) is 5.88. The Morgan fingerprint density at radius 2 is 1.77 bits per heavy atom. The van der Waals surface area contributed by atoms with Crippen LogP contribution in [0.4, 0.5) is 26.3 Å². The van der Waals surface area contributed by atoms with Crippen molar-refractivity contribution in [3.63, 3.8) is 0 Å². The molecule has 0 bridgehead atoms. The molecule has 0 saturated heterocycles. The van der Waals surface area contributed by atoms with Crippen molar-refractivity contribution in [2.24, 2.45) is 11.7 Å². The van der Waals surface area contributed by atoms with Crippen molar-refractivity contribution in [2.75, 3.05) is 0 Å². The average Bonchev–Trinajstić information content (AvgIpc) is 3.43. The second-order valence-corrected chi connectivity index (χ2v) is 10.9. The Morgan fingerprint density at radius 1 is 1.07 bits per heavy atom. The molecule has 0 aliphatic heterocycles. The molecular weight excluding hydrogens is 588 g/mol. The number of nitrogens with zero attached hydrogens (tertiary/aromatic N) is 3. The molecular formula is C31H27F6N5O2. The molecule has 4 aromatic rings. The number of hydrogen-bond donors (Lipinski definition) is 2. The minimum Gasteiger partial charge on any atom is -0.366 e. The fourth-order valence-corrected chi connectivity index (χ4v) is 5.72. The molecule has 5 rings (SSSR count). The van der Waals surface area contributed by atoms with E-state index in [1.807, 2.05) is 6.92 Å². The van der Waals surface area contributed by atoms with Gasteiger partial charge in [-0.15, -0.1) is 0 Å². The number of alkyl halides is 3. The second-order valence-electron chi connectivity index (χ2n) is 10.9. The van der Waals surface area contributed by atoms with Crippen LogP contribution >= 0.6 is 0 Å². The molecule has 0 unspecified atom stereocenters. The molecule has 3 N–H and O–H groups in total. The van der Waals surface area contributed by atoms with E-state index >= 15 is 0 Å². The number of carbonyl (C=O) groups is 2. The maximum Gasteiger partial charge on any atom is 0.435 e. The summed E-state index contributed by atoms with van der Waals surface area (Å²) in [6.07, 6.45) is -3.31. The first-order valence-electron chi connectivity index (χ1n) is 13.7. The van der Waals surface area contributed by atoms with Crippen molar-refractivity contribution in [1.29, 1.82) is 0 Å². The highest BCUT2D eigenvalue weighted by molar-refractivity contribution is 5.94. The van der Waals surface area contributed by atoms with Gasteiger partial charge in [0.25, 0.3) is 5.91 Å². The van der Waals surface area contributed by atoms with E-state index in [1.54, 1.807) is 19.1 Å². The summed E-state index contributed by atoms with van der Waals surface area (Å²) in [5.41, 5.74) is 5.29. The number of pyridine rings is 1. The van der Waals surface area contributed by atoms with Crippen LogP contribution in [-0.4, -0.2) is 26.6 Å². The maximum absolute atomic E-state index is 14.2. The zero-order valence-corrected chi connectivity index (χ0v) is 23.6. The van der Waals surface area contributed by atoms with Gasteiger partial charge >= 0.3 is 6.18 Å². The molecule has 0 saturated carbocycles. The molecule has 1 aliphatic rings. The smallest absolute Gasteiger partial charge is 0.366 e. The second kappa shape index (κ2) is 11.8. The molecule has 44 heavy (non-hydrogen) atoms. The molecule has 7 nitrogen and oxygen atoms in total. The van der Waals surface area contributed by atoms with E-state index in [0.717, 1.165) is 22.9 Å². The molecule has 0 spiro atoms. The van der Waals surface area contributed by atoms with Crippen LogP contribution in [0.5, 0.6) is 0 Å². The average molecular weight is 616 g/mol. The summed E-state index contributed by atoms with van der Waals surface area (Å²) >= 11 is 0. The van der Waals surface area contributed by atoms with Gasteiger partial charge in [0.1, 0.15) is 24.0 Å². The lowest BCUT2D eigenvalue weighted by Crippen LogP contribution is -2.34. The van der Waals surface area contributed by atoms with E-state index in [-0.39, 0.29) is 47.1 Å². The van der Waals surface area contributed by atoms with Crippen LogP contribution < -0.4 is 11.1 Å². The molecule has 2 heterocycles. The van der Waals surface area contributed by atoms with Crippen molar-refractivity contribution in [2.45, 2.75) is 51.4 Å². The van der Waals surface area contributed by atoms with Crippen molar-refractivity contribution >= 4 is 11.8 Å². The number of nitrogens with two attached hydrogens (primary N) is 1. The molecule has 230 valence electrons. The predicted molar refractivity (Wildman–Crippen MR) is 148 cm³/mol. The summed E-state index contributed by atoms with van der Waals surface area (Å²) < 4.78 is 84.9. The van der Waals surface area contributed by atoms with Crippen LogP contribution in [0.25, 0.3) is 11.1 Å². The van der Waals surface area contributed by atoms with Gasteiger partial charge in [-0.1, -0.05) is 26.0 Å². The fraction of sp³-hybridized carbons (Fsp3) is 0.290. The highest BCUT2D eigenvalue weighted by Crippen LogP contribution is 2.43. The third-order valence-corrected chi connectivity index (χ3v) is 7.88. The topological polar surface area (TPSA) is 103 Å². The van der Waals surface area contributed by atoms with Gasteiger partial charge in [-0.2, -0.15) is 18.3 Å². The number of nitrogens with one attached hydrogen (secondary N) is 1. The number of primary amides is 1. The Hall–Kier alpha value is -4.68. The van der Waals surface area contributed by atoms with E-state index in [4.69, 9.17) is 5.73 Å². The number of carbonyl (C=O) groups excluding carboxylic acids is 2. The molecule has 2 amide bonds. The van der Waals surface area contributed by atoms with Gasteiger partial charge in [0.15, 0.2) is 5.69 Å². The monoisotopic (exact) mass is 615 g/mol. The van der Waals surface area contributed by atoms with E-state index in [1.165, 1.54) is 18.3 Å². The summed E-state index contributed by atoms with van der Waals surface area (Å²) in [6.45, 7) is 3.04. The van der Waals surface area contributed by atoms with Crippen molar-refractivity contribution in [3.05, 3.63) is 106 Å². The van der Waals surface area contributed by atoms with Gasteiger partial charge in [-0.25, -0.2) is 13.2 Å². The summed E-state index contributed by atoms with van der Waals surface area (Å²) in [6, 6.07) is 8.55. The molecule has 1 aliphatic carbocycles. The summed E-state index contributed by atoms with van der Waals surface area (Å²) in [7, 11) is 0. The summed E-state index contributed by atoms with van der Waals surface area (Å²) in [5.74, 6) is -4.68. The molecule has 13 heteroatoms. The van der Waals surface area contributed by atoms with E-state index < -0.39 is 53.7 Å². The largest absolute Gasteiger partial charge is 0.435 e.